The van der Waals surface area contributed by atoms with Crippen LogP contribution >= 0.6 is 0 Å². The highest BCUT2D eigenvalue weighted by atomic mass is 16.1. The van der Waals surface area contributed by atoms with Gasteiger partial charge in [-0.15, -0.1) is 0 Å². The molecular formula is C19H16O. The van der Waals surface area contributed by atoms with Crippen molar-refractivity contribution in [2.75, 3.05) is 0 Å². The van der Waals surface area contributed by atoms with Crippen LogP contribution in [0.3, 0.4) is 0 Å². The van der Waals surface area contributed by atoms with E-state index in [0.29, 0.717) is 0 Å². The van der Waals surface area contributed by atoms with Crippen LogP contribution in [0.25, 0.3) is 21.9 Å². The first-order chi connectivity index (χ1) is 9.70. The van der Waals surface area contributed by atoms with Crippen molar-refractivity contribution in [3.63, 3.8) is 0 Å². The largest absolute Gasteiger partial charge is 0.298 e. The van der Waals surface area contributed by atoms with Gasteiger partial charge in [0.1, 0.15) is 0 Å². The van der Waals surface area contributed by atoms with Gasteiger partial charge in [0.15, 0.2) is 6.29 Å². The fourth-order valence-corrected chi connectivity index (χ4v) is 2.78. The van der Waals surface area contributed by atoms with Crippen LogP contribution in [-0.4, -0.2) is 6.29 Å². The van der Waals surface area contributed by atoms with Crippen molar-refractivity contribution < 1.29 is 4.79 Å². The summed E-state index contributed by atoms with van der Waals surface area (Å²) in [5.41, 5.74) is 5.35. The smallest absolute Gasteiger partial charge is 0.150 e. The summed E-state index contributed by atoms with van der Waals surface area (Å²) in [7, 11) is 0. The number of hydrogen-bond acceptors (Lipinski definition) is 1. The number of aldehydes is 1. The van der Waals surface area contributed by atoms with E-state index in [0.717, 1.165) is 33.7 Å². The molecule has 0 aliphatic rings. The van der Waals surface area contributed by atoms with E-state index in [9.17, 15) is 4.79 Å². The SMILES string of the molecule is Cc1ccc(-c2c(C=O)ccc3ccccc23)c(C)c1. The minimum Gasteiger partial charge on any atom is -0.298 e. The number of fused-ring (bicyclic) bond motifs is 1. The Balaban J connectivity index is 2.41. The summed E-state index contributed by atoms with van der Waals surface area (Å²) >= 11 is 0. The van der Waals surface area contributed by atoms with E-state index in [-0.39, 0.29) is 0 Å². The number of benzene rings is 3. The minimum atomic E-state index is 0.746. The van der Waals surface area contributed by atoms with Crippen LogP contribution in [-0.2, 0) is 0 Å². The second-order valence-corrected chi connectivity index (χ2v) is 5.19. The Morgan fingerprint density at radius 3 is 2.45 bits per heavy atom. The van der Waals surface area contributed by atoms with Gasteiger partial charge < -0.3 is 0 Å². The molecule has 0 heterocycles. The van der Waals surface area contributed by atoms with E-state index in [1.165, 1.54) is 11.1 Å². The predicted molar refractivity (Wildman–Crippen MR) is 84.2 cm³/mol. The zero-order valence-corrected chi connectivity index (χ0v) is 11.7. The molecule has 0 aliphatic heterocycles. The number of hydrogen-bond donors (Lipinski definition) is 0. The third-order valence-corrected chi connectivity index (χ3v) is 3.74. The van der Waals surface area contributed by atoms with E-state index in [1.54, 1.807) is 0 Å². The van der Waals surface area contributed by atoms with Crippen LogP contribution in [0.2, 0.25) is 0 Å². The molecule has 0 amide bonds. The van der Waals surface area contributed by atoms with Crippen LogP contribution in [0.15, 0.2) is 54.6 Å². The summed E-state index contributed by atoms with van der Waals surface area (Å²) in [5.74, 6) is 0. The quantitative estimate of drug-likeness (QED) is 0.597. The van der Waals surface area contributed by atoms with Crippen LogP contribution < -0.4 is 0 Å². The van der Waals surface area contributed by atoms with Gasteiger partial charge in [-0.1, -0.05) is 60.2 Å². The van der Waals surface area contributed by atoms with Crippen molar-refractivity contribution in [1.82, 2.24) is 0 Å². The van der Waals surface area contributed by atoms with E-state index in [1.807, 2.05) is 24.3 Å². The van der Waals surface area contributed by atoms with E-state index >= 15 is 0 Å². The first-order valence-electron chi connectivity index (χ1n) is 6.75. The van der Waals surface area contributed by atoms with Crippen LogP contribution in [0, 0.1) is 13.8 Å². The van der Waals surface area contributed by atoms with Crippen molar-refractivity contribution in [3.05, 3.63) is 71.3 Å². The Morgan fingerprint density at radius 1 is 0.900 bits per heavy atom. The molecule has 0 saturated carbocycles. The highest BCUT2D eigenvalue weighted by Gasteiger charge is 2.11. The Hall–Kier alpha value is -2.41. The Labute approximate surface area is 118 Å². The Morgan fingerprint density at radius 2 is 1.70 bits per heavy atom. The average Bonchev–Trinajstić information content (AvgIpc) is 2.46. The summed E-state index contributed by atoms with van der Waals surface area (Å²) in [6, 6.07) is 18.5. The molecule has 1 heteroatoms. The number of aryl methyl sites for hydroxylation is 2. The average molecular weight is 260 g/mol. The van der Waals surface area contributed by atoms with Gasteiger partial charge in [0.05, 0.1) is 0 Å². The Bertz CT molecular complexity index is 800. The van der Waals surface area contributed by atoms with Crippen LogP contribution in [0.5, 0.6) is 0 Å². The number of rotatable bonds is 2. The van der Waals surface area contributed by atoms with Crippen molar-refractivity contribution in [1.29, 1.82) is 0 Å². The molecule has 3 aromatic carbocycles. The summed E-state index contributed by atoms with van der Waals surface area (Å²) in [4.78, 5) is 11.4. The highest BCUT2D eigenvalue weighted by Crippen LogP contribution is 2.33. The topological polar surface area (TPSA) is 17.1 Å². The minimum absolute atomic E-state index is 0.746. The third kappa shape index (κ3) is 2.01. The second kappa shape index (κ2) is 4.93. The van der Waals surface area contributed by atoms with Crippen molar-refractivity contribution >= 4 is 17.1 Å². The molecule has 0 atom stereocenters. The summed E-state index contributed by atoms with van der Waals surface area (Å²) in [6.45, 7) is 4.18. The van der Waals surface area contributed by atoms with Gasteiger partial charge in [-0.3, -0.25) is 4.79 Å². The van der Waals surface area contributed by atoms with Crippen molar-refractivity contribution in [2.24, 2.45) is 0 Å². The van der Waals surface area contributed by atoms with Gasteiger partial charge in [0.2, 0.25) is 0 Å². The summed E-state index contributed by atoms with van der Waals surface area (Å²) in [5, 5.41) is 2.29. The molecule has 0 radical (unpaired) electrons. The molecule has 98 valence electrons. The van der Waals surface area contributed by atoms with Crippen molar-refractivity contribution in [2.45, 2.75) is 13.8 Å². The van der Waals surface area contributed by atoms with Gasteiger partial charge in [-0.05, 0) is 35.7 Å². The lowest BCUT2D eigenvalue weighted by molar-refractivity contribution is 0.112. The first kappa shape index (κ1) is 12.6. The lowest BCUT2D eigenvalue weighted by Gasteiger charge is -2.13. The van der Waals surface area contributed by atoms with Crippen LogP contribution in [0.1, 0.15) is 21.5 Å². The molecule has 0 aromatic heterocycles. The van der Waals surface area contributed by atoms with Crippen molar-refractivity contribution in [3.8, 4) is 11.1 Å². The maximum atomic E-state index is 11.4. The highest BCUT2D eigenvalue weighted by molar-refractivity contribution is 6.04. The van der Waals surface area contributed by atoms with Gasteiger partial charge in [0.25, 0.3) is 0 Å². The lowest BCUT2D eigenvalue weighted by Crippen LogP contribution is -1.92. The van der Waals surface area contributed by atoms with Gasteiger partial charge in [0, 0.05) is 11.1 Å². The summed E-state index contributed by atoms with van der Waals surface area (Å²) in [6.07, 6.45) is 0.946. The molecular weight excluding hydrogens is 244 g/mol. The molecule has 3 rings (SSSR count). The van der Waals surface area contributed by atoms with E-state index < -0.39 is 0 Å². The maximum absolute atomic E-state index is 11.4. The zero-order valence-electron chi connectivity index (χ0n) is 11.7. The predicted octanol–water partition coefficient (Wildman–Crippen LogP) is 4.94. The molecule has 0 saturated heterocycles. The van der Waals surface area contributed by atoms with Gasteiger partial charge in [-0.25, -0.2) is 0 Å². The Kier molecular flexibility index (Phi) is 3.11. The van der Waals surface area contributed by atoms with Gasteiger partial charge >= 0.3 is 0 Å². The molecule has 3 aromatic rings. The molecule has 20 heavy (non-hydrogen) atoms. The van der Waals surface area contributed by atoms with E-state index in [4.69, 9.17) is 0 Å². The third-order valence-electron chi connectivity index (χ3n) is 3.74. The molecule has 0 fully saturated rings. The molecule has 0 N–H and O–H groups in total. The number of carbonyl (C=O) groups excluding carboxylic acids is 1. The number of carbonyl (C=O) groups is 1. The van der Waals surface area contributed by atoms with Crippen LogP contribution in [0.4, 0.5) is 0 Å². The molecule has 0 unspecified atom stereocenters. The lowest BCUT2D eigenvalue weighted by atomic mass is 9.90. The molecule has 0 bridgehead atoms. The molecule has 0 spiro atoms. The first-order valence-corrected chi connectivity index (χ1v) is 6.75. The molecule has 0 aliphatic carbocycles. The van der Waals surface area contributed by atoms with Gasteiger partial charge in [-0.2, -0.15) is 0 Å². The summed E-state index contributed by atoms with van der Waals surface area (Å²) < 4.78 is 0. The fourth-order valence-electron chi connectivity index (χ4n) is 2.78. The zero-order chi connectivity index (χ0) is 14.1. The maximum Gasteiger partial charge on any atom is 0.150 e. The second-order valence-electron chi connectivity index (χ2n) is 5.19. The van der Waals surface area contributed by atoms with E-state index in [2.05, 4.69) is 44.2 Å². The fraction of sp³-hybridized carbons (Fsp3) is 0.105. The standard InChI is InChI=1S/C19H16O/c1-13-7-10-17(14(2)11-13)19-16(12-20)9-8-15-5-3-4-6-18(15)19/h3-12H,1-2H3. The molecule has 1 nitrogen and oxygen atoms in total. The normalized spacial score (nSPS) is 10.7. The monoisotopic (exact) mass is 260 g/mol.